The molecule has 0 atom stereocenters. The number of carbonyl (C=O) groups is 2. The highest BCUT2D eigenvalue weighted by atomic mass is 16.4. The van der Waals surface area contributed by atoms with Crippen molar-refractivity contribution in [3.05, 3.63) is 35.4 Å². The van der Waals surface area contributed by atoms with Gasteiger partial charge in [0.1, 0.15) is 0 Å². The summed E-state index contributed by atoms with van der Waals surface area (Å²) in [5.41, 5.74) is 0.315. The summed E-state index contributed by atoms with van der Waals surface area (Å²) in [4.78, 5) is 21.5. The monoisotopic (exact) mass is 164 g/mol. The molecule has 0 spiro atoms. The molecule has 0 bridgehead atoms. The number of aromatic carboxylic acids is 1. The molecule has 0 unspecified atom stereocenters. The van der Waals surface area contributed by atoms with E-state index in [9.17, 15) is 9.59 Å². The molecule has 1 aromatic carbocycles. The van der Waals surface area contributed by atoms with Crippen molar-refractivity contribution in [2.24, 2.45) is 0 Å². The number of benzene rings is 1. The van der Waals surface area contributed by atoms with E-state index in [0.717, 1.165) is 0 Å². The van der Waals surface area contributed by atoms with Crippen LogP contribution in [0.25, 0.3) is 0 Å². The molecular formula is C9H8O3. The van der Waals surface area contributed by atoms with Gasteiger partial charge < -0.3 is 5.11 Å². The largest absolute Gasteiger partial charge is 0.478 e. The van der Waals surface area contributed by atoms with Crippen molar-refractivity contribution < 1.29 is 14.7 Å². The normalized spacial score (nSPS) is 9.42. The molecule has 0 aromatic heterocycles. The van der Waals surface area contributed by atoms with Crippen LogP contribution in [-0.2, 0) is 0 Å². The summed E-state index contributed by atoms with van der Waals surface area (Å²) >= 11 is 0. The Labute approximate surface area is 69.6 Å². The third-order valence-electron chi connectivity index (χ3n) is 1.54. The summed E-state index contributed by atoms with van der Waals surface area (Å²) in [6, 6.07) is 6.16. The fourth-order valence-electron chi connectivity index (χ4n) is 0.977. The quantitative estimate of drug-likeness (QED) is 0.675. The van der Waals surface area contributed by atoms with Crippen LogP contribution in [0.1, 0.15) is 27.6 Å². The molecule has 1 aromatic rings. The van der Waals surface area contributed by atoms with E-state index in [2.05, 4.69) is 0 Å². The molecule has 1 rings (SSSR count). The Morgan fingerprint density at radius 2 is 1.67 bits per heavy atom. The molecule has 0 fully saturated rings. The fraction of sp³-hybridized carbons (Fsp3) is 0.111. The van der Waals surface area contributed by atoms with Crippen LogP contribution in [0.2, 0.25) is 0 Å². The molecule has 0 amide bonds. The van der Waals surface area contributed by atoms with Crippen molar-refractivity contribution in [3.63, 3.8) is 0 Å². The number of hydrogen-bond acceptors (Lipinski definition) is 2. The van der Waals surface area contributed by atoms with Gasteiger partial charge in [-0.1, -0.05) is 18.2 Å². The predicted octanol–water partition coefficient (Wildman–Crippen LogP) is 1.59. The highest BCUT2D eigenvalue weighted by Crippen LogP contribution is 2.08. The van der Waals surface area contributed by atoms with Gasteiger partial charge in [0.25, 0.3) is 0 Å². The van der Waals surface area contributed by atoms with Crippen molar-refractivity contribution in [2.75, 3.05) is 0 Å². The number of Topliss-reactive ketones (excluding diaryl/α,β-unsaturated/α-hetero) is 1. The predicted molar refractivity (Wildman–Crippen MR) is 43.4 cm³/mol. The second kappa shape index (κ2) is 3.17. The van der Waals surface area contributed by atoms with Gasteiger partial charge in [-0.15, -0.1) is 0 Å². The van der Waals surface area contributed by atoms with Gasteiger partial charge in [-0.05, 0) is 13.0 Å². The molecule has 3 heteroatoms. The maximum Gasteiger partial charge on any atom is 0.336 e. The summed E-state index contributed by atoms with van der Waals surface area (Å²) in [6.45, 7) is 1.35. The lowest BCUT2D eigenvalue weighted by molar-refractivity contribution is 0.0692. The highest BCUT2D eigenvalue weighted by Gasteiger charge is 2.11. The lowest BCUT2D eigenvalue weighted by atomic mass is 10.1. The number of carbonyl (C=O) groups excluding carboxylic acids is 1. The molecular weight excluding hydrogens is 156 g/mol. The topological polar surface area (TPSA) is 54.4 Å². The first-order valence-electron chi connectivity index (χ1n) is 3.46. The average molecular weight is 164 g/mol. The summed E-state index contributed by atoms with van der Waals surface area (Å²) in [6.07, 6.45) is 0. The summed E-state index contributed by atoms with van der Waals surface area (Å²) in [5.74, 6) is -1.30. The van der Waals surface area contributed by atoms with Gasteiger partial charge in [0.05, 0.1) is 5.56 Å². The van der Waals surface area contributed by atoms with Gasteiger partial charge in [0.2, 0.25) is 0 Å². The number of carboxylic acids is 1. The van der Waals surface area contributed by atoms with Crippen molar-refractivity contribution in [1.29, 1.82) is 0 Å². The Kier molecular flexibility index (Phi) is 2.24. The Morgan fingerprint density at radius 1 is 1.17 bits per heavy atom. The van der Waals surface area contributed by atoms with Gasteiger partial charge in [-0.25, -0.2) is 4.79 Å². The van der Waals surface area contributed by atoms with Crippen LogP contribution in [-0.4, -0.2) is 16.9 Å². The molecule has 62 valence electrons. The second-order valence-corrected chi connectivity index (χ2v) is 2.41. The highest BCUT2D eigenvalue weighted by molar-refractivity contribution is 6.04. The van der Waals surface area contributed by atoms with Gasteiger partial charge in [-0.2, -0.15) is 0 Å². The minimum atomic E-state index is -1.07. The molecule has 0 saturated heterocycles. The lowest BCUT2D eigenvalue weighted by Gasteiger charge is -1.99. The Balaban J connectivity index is 3.27. The van der Waals surface area contributed by atoms with E-state index in [4.69, 9.17) is 5.11 Å². The van der Waals surface area contributed by atoms with E-state index in [0.29, 0.717) is 0 Å². The van der Waals surface area contributed by atoms with E-state index >= 15 is 0 Å². The molecule has 0 radical (unpaired) electrons. The van der Waals surface area contributed by atoms with E-state index in [1.807, 2.05) is 0 Å². The zero-order chi connectivity index (χ0) is 9.14. The number of carboxylic acid groups (broad SMARTS) is 1. The minimum absolute atomic E-state index is 0.0602. The summed E-state index contributed by atoms with van der Waals surface area (Å²) < 4.78 is 0. The summed E-state index contributed by atoms with van der Waals surface area (Å²) in [5, 5.41) is 8.66. The van der Waals surface area contributed by atoms with Crippen LogP contribution in [0.4, 0.5) is 0 Å². The zero-order valence-electron chi connectivity index (χ0n) is 6.57. The minimum Gasteiger partial charge on any atom is -0.478 e. The third kappa shape index (κ3) is 1.50. The van der Waals surface area contributed by atoms with Crippen LogP contribution in [0.5, 0.6) is 0 Å². The molecule has 0 aliphatic carbocycles. The van der Waals surface area contributed by atoms with Crippen LogP contribution >= 0.6 is 0 Å². The molecule has 0 aliphatic heterocycles. The van der Waals surface area contributed by atoms with Crippen molar-refractivity contribution in [2.45, 2.75) is 6.92 Å². The molecule has 1 N–H and O–H groups in total. The summed E-state index contributed by atoms with van der Waals surface area (Å²) in [7, 11) is 0. The molecule has 0 aliphatic rings. The van der Waals surface area contributed by atoms with Crippen molar-refractivity contribution in [3.8, 4) is 0 Å². The molecule has 3 nitrogen and oxygen atoms in total. The van der Waals surface area contributed by atoms with E-state index in [-0.39, 0.29) is 16.9 Å². The average Bonchev–Trinajstić information content (AvgIpc) is 2.04. The van der Waals surface area contributed by atoms with Gasteiger partial charge >= 0.3 is 5.97 Å². The lowest BCUT2D eigenvalue weighted by Crippen LogP contribution is -2.05. The van der Waals surface area contributed by atoms with E-state index < -0.39 is 5.97 Å². The fourth-order valence-corrected chi connectivity index (χ4v) is 0.977. The first kappa shape index (κ1) is 8.46. The number of rotatable bonds is 2. The maximum absolute atomic E-state index is 10.9. The third-order valence-corrected chi connectivity index (χ3v) is 1.54. The molecule has 12 heavy (non-hydrogen) atoms. The second-order valence-electron chi connectivity index (χ2n) is 2.41. The van der Waals surface area contributed by atoms with Gasteiger partial charge in [0, 0.05) is 5.56 Å². The Hall–Kier alpha value is -1.64. The zero-order valence-corrected chi connectivity index (χ0v) is 6.57. The van der Waals surface area contributed by atoms with Crippen molar-refractivity contribution >= 4 is 11.8 Å². The van der Waals surface area contributed by atoms with Gasteiger partial charge in [-0.3, -0.25) is 4.79 Å². The van der Waals surface area contributed by atoms with Crippen LogP contribution in [0, 0.1) is 0 Å². The van der Waals surface area contributed by atoms with Crippen LogP contribution < -0.4 is 0 Å². The number of ketones is 1. The van der Waals surface area contributed by atoms with E-state index in [1.165, 1.54) is 19.1 Å². The van der Waals surface area contributed by atoms with E-state index in [1.54, 1.807) is 12.1 Å². The van der Waals surface area contributed by atoms with Crippen molar-refractivity contribution in [1.82, 2.24) is 0 Å². The molecule has 0 heterocycles. The van der Waals surface area contributed by atoms with Crippen LogP contribution in [0.15, 0.2) is 24.3 Å². The standard InChI is InChI=1S/C9H8O3/c1-6(10)7-4-2-3-5-8(7)9(11)12/h2-5H,1H3,(H,11,12). The maximum atomic E-state index is 10.9. The van der Waals surface area contributed by atoms with Gasteiger partial charge in [0.15, 0.2) is 5.78 Å². The first-order chi connectivity index (χ1) is 5.63. The van der Waals surface area contributed by atoms with Crippen LogP contribution in [0.3, 0.4) is 0 Å². The first-order valence-corrected chi connectivity index (χ1v) is 3.46. The Morgan fingerprint density at radius 3 is 2.00 bits per heavy atom. The molecule has 0 saturated carbocycles. The number of hydrogen-bond donors (Lipinski definition) is 1. The SMILES string of the molecule is CC(=O)c1ccccc1C(=O)O. The Bertz CT molecular complexity index is 295. The smallest absolute Gasteiger partial charge is 0.336 e.